The summed E-state index contributed by atoms with van der Waals surface area (Å²) in [6.07, 6.45) is 0.775. The SMILES string of the molecule is Nc1nonc1C(=O)NN=Cc1cc([N+](=O)[O-])cc([N+](=O)[O-])c1O. The number of anilines is 1. The van der Waals surface area contributed by atoms with Crippen LogP contribution in [0.25, 0.3) is 0 Å². The molecule has 24 heavy (non-hydrogen) atoms. The van der Waals surface area contributed by atoms with E-state index >= 15 is 0 Å². The van der Waals surface area contributed by atoms with Crippen molar-refractivity contribution in [2.75, 3.05) is 5.73 Å². The van der Waals surface area contributed by atoms with E-state index in [0.717, 1.165) is 12.3 Å². The molecule has 1 aromatic heterocycles. The first-order valence-electron chi connectivity index (χ1n) is 5.88. The van der Waals surface area contributed by atoms with Crippen LogP contribution in [-0.4, -0.2) is 37.4 Å². The summed E-state index contributed by atoms with van der Waals surface area (Å²) in [6.45, 7) is 0. The molecule has 4 N–H and O–H groups in total. The molecular formula is C10H7N7O7. The van der Waals surface area contributed by atoms with Crippen molar-refractivity contribution in [3.05, 3.63) is 43.6 Å². The van der Waals surface area contributed by atoms with Crippen LogP contribution in [0.1, 0.15) is 16.1 Å². The molecule has 0 fully saturated rings. The number of hydrazone groups is 1. The van der Waals surface area contributed by atoms with Crippen molar-refractivity contribution in [2.45, 2.75) is 0 Å². The van der Waals surface area contributed by atoms with Crippen molar-refractivity contribution >= 4 is 29.3 Å². The molecule has 0 saturated carbocycles. The number of carbonyl (C=O) groups excluding carboxylic acids is 1. The molecule has 0 atom stereocenters. The van der Waals surface area contributed by atoms with Crippen LogP contribution in [0.2, 0.25) is 0 Å². The van der Waals surface area contributed by atoms with Gasteiger partial charge in [-0.15, -0.1) is 0 Å². The van der Waals surface area contributed by atoms with Gasteiger partial charge in [0.2, 0.25) is 17.3 Å². The van der Waals surface area contributed by atoms with Gasteiger partial charge < -0.3 is 10.8 Å². The number of phenolic OH excluding ortho intramolecular Hbond substituents is 1. The van der Waals surface area contributed by atoms with Crippen molar-refractivity contribution in [3.8, 4) is 5.75 Å². The zero-order valence-electron chi connectivity index (χ0n) is 11.4. The Morgan fingerprint density at radius 3 is 2.58 bits per heavy atom. The number of rotatable bonds is 5. The van der Waals surface area contributed by atoms with Gasteiger partial charge in [0.1, 0.15) is 0 Å². The van der Waals surface area contributed by atoms with Gasteiger partial charge in [-0.1, -0.05) is 0 Å². The largest absolute Gasteiger partial charge is 0.502 e. The molecule has 0 bridgehead atoms. The van der Waals surface area contributed by atoms with Crippen LogP contribution in [0, 0.1) is 20.2 Å². The summed E-state index contributed by atoms with van der Waals surface area (Å²) in [5.74, 6) is -2.06. The molecule has 124 valence electrons. The number of phenols is 1. The van der Waals surface area contributed by atoms with E-state index in [1.807, 2.05) is 5.43 Å². The minimum absolute atomic E-state index is 0.295. The zero-order valence-corrected chi connectivity index (χ0v) is 11.4. The lowest BCUT2D eigenvalue weighted by Gasteiger charge is -2.01. The van der Waals surface area contributed by atoms with Gasteiger partial charge in [0, 0.05) is 6.07 Å². The van der Waals surface area contributed by atoms with Crippen LogP contribution in [-0.2, 0) is 0 Å². The Bertz CT molecular complexity index is 859. The number of nitrogens with two attached hydrogens (primary N) is 1. The molecule has 0 aliphatic carbocycles. The fourth-order valence-corrected chi connectivity index (χ4v) is 1.54. The molecule has 1 amide bonds. The molecule has 2 aromatic rings. The lowest BCUT2D eigenvalue weighted by Crippen LogP contribution is -2.19. The van der Waals surface area contributed by atoms with E-state index < -0.39 is 32.9 Å². The summed E-state index contributed by atoms with van der Waals surface area (Å²) in [4.78, 5) is 31.3. The predicted octanol–water partition coefficient (Wildman–Crippen LogP) is -0.0623. The molecule has 0 aliphatic heterocycles. The third-order valence-corrected chi connectivity index (χ3v) is 2.61. The van der Waals surface area contributed by atoms with E-state index in [2.05, 4.69) is 20.0 Å². The van der Waals surface area contributed by atoms with Crippen molar-refractivity contribution in [3.63, 3.8) is 0 Å². The Labute approximate surface area is 130 Å². The van der Waals surface area contributed by atoms with Gasteiger partial charge in [-0.25, -0.2) is 10.1 Å². The van der Waals surface area contributed by atoms with Crippen LogP contribution in [0.15, 0.2) is 21.9 Å². The number of hydrogen-bond acceptors (Lipinski definition) is 11. The summed E-state index contributed by atoms with van der Waals surface area (Å²) in [5, 5.41) is 41.1. The van der Waals surface area contributed by atoms with Gasteiger partial charge in [-0.3, -0.25) is 25.0 Å². The second kappa shape index (κ2) is 6.34. The van der Waals surface area contributed by atoms with Gasteiger partial charge in [-0.05, 0) is 10.3 Å². The van der Waals surface area contributed by atoms with E-state index in [1.165, 1.54) is 0 Å². The second-order valence-electron chi connectivity index (χ2n) is 4.11. The van der Waals surface area contributed by atoms with Gasteiger partial charge in [0.05, 0.1) is 27.7 Å². The Morgan fingerprint density at radius 1 is 1.33 bits per heavy atom. The minimum atomic E-state index is -1.000. The first kappa shape index (κ1) is 16.3. The number of benzene rings is 1. The maximum Gasteiger partial charge on any atom is 0.318 e. The van der Waals surface area contributed by atoms with Crippen molar-refractivity contribution < 1.29 is 24.4 Å². The highest BCUT2D eigenvalue weighted by Crippen LogP contribution is 2.33. The molecule has 1 heterocycles. The number of non-ortho nitro benzene ring substituents is 1. The van der Waals surface area contributed by atoms with Crippen LogP contribution in [0.3, 0.4) is 0 Å². The Kier molecular flexibility index (Phi) is 4.30. The number of nitrogen functional groups attached to an aromatic ring is 1. The van der Waals surface area contributed by atoms with E-state index in [4.69, 9.17) is 5.73 Å². The molecule has 0 unspecified atom stereocenters. The van der Waals surface area contributed by atoms with E-state index in [-0.39, 0.29) is 17.1 Å². The van der Waals surface area contributed by atoms with E-state index in [9.17, 15) is 30.1 Å². The maximum atomic E-state index is 11.6. The van der Waals surface area contributed by atoms with Crippen molar-refractivity contribution in [2.24, 2.45) is 5.10 Å². The predicted molar refractivity (Wildman–Crippen MR) is 75.2 cm³/mol. The summed E-state index contributed by atoms with van der Waals surface area (Å²) in [6, 6.07) is 1.43. The number of aromatic hydroxyl groups is 1. The third kappa shape index (κ3) is 3.21. The van der Waals surface area contributed by atoms with Crippen molar-refractivity contribution in [1.29, 1.82) is 0 Å². The van der Waals surface area contributed by atoms with E-state index in [1.54, 1.807) is 0 Å². The summed E-state index contributed by atoms with van der Waals surface area (Å²) in [7, 11) is 0. The van der Waals surface area contributed by atoms with E-state index in [0.29, 0.717) is 6.07 Å². The summed E-state index contributed by atoms with van der Waals surface area (Å²) >= 11 is 0. The number of aromatic nitrogens is 2. The zero-order chi connectivity index (χ0) is 17.9. The number of nitrogens with zero attached hydrogens (tertiary/aromatic N) is 5. The normalized spacial score (nSPS) is 10.7. The Morgan fingerprint density at radius 2 is 2.04 bits per heavy atom. The number of nitrogens with one attached hydrogen (secondary N) is 1. The molecule has 0 spiro atoms. The topological polar surface area (TPSA) is 213 Å². The van der Waals surface area contributed by atoms with Crippen LogP contribution in [0.5, 0.6) is 5.75 Å². The monoisotopic (exact) mass is 337 g/mol. The van der Waals surface area contributed by atoms with Crippen LogP contribution in [0.4, 0.5) is 17.2 Å². The molecule has 0 aliphatic rings. The highest BCUT2D eigenvalue weighted by atomic mass is 16.6. The number of amides is 1. The molecule has 14 heteroatoms. The number of nitro benzene ring substituents is 2. The number of nitro groups is 2. The molecule has 14 nitrogen and oxygen atoms in total. The summed E-state index contributed by atoms with van der Waals surface area (Å²) < 4.78 is 4.21. The van der Waals surface area contributed by atoms with Gasteiger partial charge in [-0.2, -0.15) is 5.10 Å². The Hall–Kier alpha value is -4.10. The van der Waals surface area contributed by atoms with Crippen molar-refractivity contribution in [1.82, 2.24) is 15.7 Å². The molecule has 0 radical (unpaired) electrons. The van der Waals surface area contributed by atoms with Gasteiger partial charge in [0.25, 0.3) is 11.6 Å². The Balaban J connectivity index is 2.28. The highest BCUT2D eigenvalue weighted by Gasteiger charge is 2.23. The standard InChI is InChI=1S/C10H7N7O7/c11-9-7(14-24-15-9)10(19)13-12-3-4-1-5(16(20)21)2-6(8(4)18)17(22)23/h1-3,18H,(H2,11,15)(H,13,19). The quantitative estimate of drug-likeness (QED) is 0.375. The third-order valence-electron chi connectivity index (χ3n) is 2.61. The molecule has 0 saturated heterocycles. The first-order chi connectivity index (χ1) is 11.3. The van der Waals surface area contributed by atoms with Crippen LogP contribution < -0.4 is 11.2 Å². The second-order valence-corrected chi connectivity index (χ2v) is 4.11. The number of carbonyl (C=O) groups is 1. The minimum Gasteiger partial charge on any atom is -0.502 e. The lowest BCUT2D eigenvalue weighted by atomic mass is 10.1. The maximum absolute atomic E-state index is 11.6. The van der Waals surface area contributed by atoms with Gasteiger partial charge >= 0.3 is 5.69 Å². The highest BCUT2D eigenvalue weighted by molar-refractivity contribution is 5.96. The van der Waals surface area contributed by atoms with Gasteiger partial charge in [0.15, 0.2) is 0 Å². The fourth-order valence-electron chi connectivity index (χ4n) is 1.54. The average molecular weight is 337 g/mol. The molecule has 1 aromatic carbocycles. The molecule has 2 rings (SSSR count). The number of hydrogen-bond donors (Lipinski definition) is 3. The smallest absolute Gasteiger partial charge is 0.318 e. The average Bonchev–Trinajstić information content (AvgIpc) is 2.94. The fraction of sp³-hybridized carbons (Fsp3) is 0. The van der Waals surface area contributed by atoms with Crippen LogP contribution >= 0.6 is 0 Å². The summed E-state index contributed by atoms with van der Waals surface area (Å²) in [5.41, 5.74) is 4.97. The first-order valence-corrected chi connectivity index (χ1v) is 5.88. The molecular weight excluding hydrogens is 330 g/mol. The lowest BCUT2D eigenvalue weighted by molar-refractivity contribution is -0.394.